The molecule has 2 aromatic heterocycles. The highest BCUT2D eigenvalue weighted by atomic mass is 35.5. The molecule has 4 nitrogen and oxygen atoms in total. The lowest BCUT2D eigenvalue weighted by Crippen LogP contribution is -2.32. The molecule has 0 bridgehead atoms. The summed E-state index contributed by atoms with van der Waals surface area (Å²) < 4.78 is 2.34. The van der Waals surface area contributed by atoms with Crippen molar-refractivity contribution in [1.29, 1.82) is 0 Å². The normalized spacial score (nSPS) is 16.9. The standard InChI is InChI=1S/C22H22ClN3OS/c1-28-11-3-10-25-17(13-15-12-16(23)5-6-19(15)25)14-26-20-18(4-2-9-24-20)22(7-8-22)21(26)27/h2,4-6,9,12-13H,3,7-8,10-11,14H2,1H3. The fourth-order valence-electron chi connectivity index (χ4n) is 4.43. The number of carbonyl (C=O) groups is 1. The Hall–Kier alpha value is -1.98. The Morgan fingerprint density at radius 3 is 2.89 bits per heavy atom. The van der Waals surface area contributed by atoms with Crippen LogP contribution in [0.2, 0.25) is 5.02 Å². The number of thioether (sulfide) groups is 1. The third-order valence-corrected chi connectivity index (χ3v) is 6.89. The van der Waals surface area contributed by atoms with Crippen LogP contribution in [0.1, 0.15) is 30.5 Å². The maximum Gasteiger partial charge on any atom is 0.239 e. The van der Waals surface area contributed by atoms with Gasteiger partial charge in [-0.05, 0) is 61.6 Å². The van der Waals surface area contributed by atoms with E-state index in [2.05, 4.69) is 34.0 Å². The monoisotopic (exact) mass is 411 g/mol. The number of anilines is 1. The number of rotatable bonds is 6. The van der Waals surface area contributed by atoms with Crippen LogP contribution in [0.4, 0.5) is 5.82 Å². The quantitative estimate of drug-likeness (QED) is 0.534. The molecule has 1 aromatic carbocycles. The van der Waals surface area contributed by atoms with E-state index in [9.17, 15) is 4.79 Å². The number of halogens is 1. The Balaban J connectivity index is 1.54. The van der Waals surface area contributed by atoms with E-state index in [1.165, 1.54) is 5.52 Å². The molecule has 1 fully saturated rings. The maximum atomic E-state index is 13.2. The van der Waals surface area contributed by atoms with Gasteiger partial charge in [0.1, 0.15) is 5.82 Å². The molecule has 1 aliphatic carbocycles. The van der Waals surface area contributed by atoms with Crippen LogP contribution in [0, 0.1) is 0 Å². The highest BCUT2D eigenvalue weighted by Crippen LogP contribution is 2.56. The van der Waals surface area contributed by atoms with Crippen molar-refractivity contribution in [3.63, 3.8) is 0 Å². The molecular formula is C22H22ClN3OS. The minimum atomic E-state index is -0.303. The predicted octanol–water partition coefficient (Wildman–Crippen LogP) is 5.02. The first-order chi connectivity index (χ1) is 13.6. The zero-order valence-corrected chi connectivity index (χ0v) is 17.4. The van der Waals surface area contributed by atoms with E-state index in [-0.39, 0.29) is 11.3 Å². The van der Waals surface area contributed by atoms with Gasteiger partial charge in [-0.1, -0.05) is 17.7 Å². The lowest BCUT2D eigenvalue weighted by atomic mass is 10.00. The second-order valence-corrected chi connectivity index (χ2v) is 9.11. The minimum Gasteiger partial charge on any atom is -0.343 e. The Morgan fingerprint density at radius 2 is 2.11 bits per heavy atom. The smallest absolute Gasteiger partial charge is 0.239 e. The fourth-order valence-corrected chi connectivity index (χ4v) is 5.03. The molecule has 5 rings (SSSR count). The Morgan fingerprint density at radius 1 is 1.25 bits per heavy atom. The van der Waals surface area contributed by atoms with Gasteiger partial charge in [0.05, 0.1) is 12.0 Å². The summed E-state index contributed by atoms with van der Waals surface area (Å²) in [6, 6.07) is 12.2. The average Bonchev–Trinajstić information content (AvgIpc) is 3.39. The van der Waals surface area contributed by atoms with Gasteiger partial charge in [0.15, 0.2) is 0 Å². The summed E-state index contributed by atoms with van der Waals surface area (Å²) in [5.41, 5.74) is 3.12. The van der Waals surface area contributed by atoms with E-state index in [1.54, 1.807) is 6.20 Å². The second kappa shape index (κ2) is 6.82. The predicted molar refractivity (Wildman–Crippen MR) is 116 cm³/mol. The van der Waals surface area contributed by atoms with Crippen molar-refractivity contribution >= 4 is 46.0 Å². The molecule has 1 aliphatic heterocycles. The van der Waals surface area contributed by atoms with Gasteiger partial charge < -0.3 is 4.57 Å². The van der Waals surface area contributed by atoms with Crippen LogP contribution in [0.25, 0.3) is 10.9 Å². The van der Waals surface area contributed by atoms with Gasteiger partial charge in [0.2, 0.25) is 5.91 Å². The molecule has 28 heavy (non-hydrogen) atoms. The number of fused-ring (bicyclic) bond motifs is 3. The van der Waals surface area contributed by atoms with E-state index in [4.69, 9.17) is 11.6 Å². The van der Waals surface area contributed by atoms with Crippen LogP contribution < -0.4 is 4.90 Å². The van der Waals surface area contributed by atoms with Gasteiger partial charge in [-0.3, -0.25) is 9.69 Å². The first-order valence-corrected chi connectivity index (χ1v) is 11.5. The summed E-state index contributed by atoms with van der Waals surface area (Å²) in [5.74, 6) is 2.16. The number of aryl methyl sites for hydroxylation is 1. The summed E-state index contributed by atoms with van der Waals surface area (Å²) in [7, 11) is 0. The van der Waals surface area contributed by atoms with Crippen molar-refractivity contribution in [3.05, 3.63) is 58.9 Å². The molecule has 3 aromatic rings. The van der Waals surface area contributed by atoms with Gasteiger partial charge in [0, 0.05) is 39.9 Å². The zero-order chi connectivity index (χ0) is 19.3. The van der Waals surface area contributed by atoms with Gasteiger partial charge in [-0.15, -0.1) is 0 Å². The molecule has 0 N–H and O–H groups in total. The van der Waals surface area contributed by atoms with Gasteiger partial charge in [0.25, 0.3) is 0 Å². The molecule has 3 heterocycles. The number of nitrogens with zero attached hydrogens (tertiary/aromatic N) is 3. The number of carbonyl (C=O) groups excluding carboxylic acids is 1. The zero-order valence-electron chi connectivity index (χ0n) is 15.8. The molecular weight excluding hydrogens is 390 g/mol. The van der Waals surface area contributed by atoms with Gasteiger partial charge in [-0.25, -0.2) is 4.98 Å². The first kappa shape index (κ1) is 18.1. The van der Waals surface area contributed by atoms with Gasteiger partial charge >= 0.3 is 0 Å². The number of amides is 1. The fraction of sp³-hybridized carbons (Fsp3) is 0.364. The summed E-state index contributed by atoms with van der Waals surface area (Å²) in [5, 5.41) is 1.86. The first-order valence-electron chi connectivity index (χ1n) is 9.68. The van der Waals surface area contributed by atoms with E-state index in [0.29, 0.717) is 6.54 Å². The molecule has 0 radical (unpaired) electrons. The molecule has 6 heteroatoms. The molecule has 1 spiro atoms. The van der Waals surface area contributed by atoms with Crippen molar-refractivity contribution < 1.29 is 4.79 Å². The highest BCUT2D eigenvalue weighted by molar-refractivity contribution is 7.98. The molecule has 1 saturated carbocycles. The molecule has 2 aliphatic rings. The van der Waals surface area contributed by atoms with Crippen LogP contribution in [0.15, 0.2) is 42.6 Å². The molecule has 1 amide bonds. The topological polar surface area (TPSA) is 38.1 Å². The summed E-state index contributed by atoms with van der Waals surface area (Å²) >= 11 is 8.09. The van der Waals surface area contributed by atoms with Crippen molar-refractivity contribution in [2.24, 2.45) is 0 Å². The maximum absolute atomic E-state index is 13.2. The minimum absolute atomic E-state index is 0.208. The Kier molecular flexibility index (Phi) is 4.40. The Bertz CT molecular complexity index is 1070. The van der Waals surface area contributed by atoms with Crippen LogP contribution >= 0.6 is 23.4 Å². The lowest BCUT2D eigenvalue weighted by molar-refractivity contribution is -0.120. The highest BCUT2D eigenvalue weighted by Gasteiger charge is 2.59. The van der Waals surface area contributed by atoms with Crippen molar-refractivity contribution in [3.8, 4) is 0 Å². The van der Waals surface area contributed by atoms with E-state index < -0.39 is 0 Å². The van der Waals surface area contributed by atoms with Crippen LogP contribution in [-0.4, -0.2) is 27.5 Å². The molecule has 0 unspecified atom stereocenters. The number of benzene rings is 1. The lowest BCUT2D eigenvalue weighted by Gasteiger charge is -2.19. The number of hydrogen-bond donors (Lipinski definition) is 0. The van der Waals surface area contributed by atoms with Crippen molar-refractivity contribution in [1.82, 2.24) is 9.55 Å². The number of pyridine rings is 1. The van der Waals surface area contributed by atoms with Crippen LogP contribution in [0.5, 0.6) is 0 Å². The molecule has 144 valence electrons. The van der Waals surface area contributed by atoms with Crippen LogP contribution in [0.3, 0.4) is 0 Å². The van der Waals surface area contributed by atoms with Crippen molar-refractivity contribution in [2.45, 2.75) is 37.8 Å². The summed E-state index contributed by atoms with van der Waals surface area (Å²) in [6.45, 7) is 1.49. The summed E-state index contributed by atoms with van der Waals surface area (Å²) in [6.07, 6.45) is 6.89. The van der Waals surface area contributed by atoms with Crippen molar-refractivity contribution in [2.75, 3.05) is 16.9 Å². The van der Waals surface area contributed by atoms with Gasteiger partial charge in [-0.2, -0.15) is 11.8 Å². The second-order valence-electron chi connectivity index (χ2n) is 7.68. The number of hydrogen-bond acceptors (Lipinski definition) is 3. The van der Waals surface area contributed by atoms with Crippen LogP contribution in [-0.2, 0) is 23.3 Å². The van der Waals surface area contributed by atoms with E-state index >= 15 is 0 Å². The number of aromatic nitrogens is 2. The van der Waals surface area contributed by atoms with E-state index in [1.807, 2.05) is 34.9 Å². The Labute approximate surface area is 173 Å². The SMILES string of the molecule is CSCCCn1c(CN2C(=O)C3(CC3)c3cccnc32)cc2cc(Cl)ccc21. The third kappa shape index (κ3) is 2.75. The third-order valence-electron chi connectivity index (χ3n) is 5.96. The summed E-state index contributed by atoms with van der Waals surface area (Å²) in [4.78, 5) is 19.7. The van der Waals surface area contributed by atoms with E-state index in [0.717, 1.165) is 59.0 Å². The molecule has 0 atom stereocenters. The molecule has 0 saturated heterocycles. The average molecular weight is 412 g/mol. The largest absolute Gasteiger partial charge is 0.343 e.